The topological polar surface area (TPSA) is 57.6 Å². The number of nitrogens with zero attached hydrogens (tertiary/aromatic N) is 1. The number of fused-ring (bicyclic) bond motifs is 1. The van der Waals surface area contributed by atoms with Crippen molar-refractivity contribution in [2.24, 2.45) is 0 Å². The number of carboxylic acid groups (broad SMARTS) is 1. The quantitative estimate of drug-likeness (QED) is 0.894. The number of rotatable bonds is 2. The van der Waals surface area contributed by atoms with Crippen LogP contribution in [0.1, 0.15) is 31.8 Å². The molecule has 0 aliphatic carbocycles. The molecule has 112 valence electrons. The van der Waals surface area contributed by atoms with Crippen LogP contribution in [-0.4, -0.2) is 28.4 Å². The van der Waals surface area contributed by atoms with Crippen molar-refractivity contribution < 1.29 is 14.7 Å². The van der Waals surface area contributed by atoms with Crippen LogP contribution in [-0.2, 0) is 13.0 Å². The van der Waals surface area contributed by atoms with Crippen LogP contribution in [0.4, 0.5) is 0 Å². The third-order valence-corrected chi connectivity index (χ3v) is 4.37. The van der Waals surface area contributed by atoms with Crippen molar-refractivity contribution in [1.82, 2.24) is 4.90 Å². The number of halogens is 1. The van der Waals surface area contributed by atoms with Gasteiger partial charge in [-0.1, -0.05) is 22.0 Å². The van der Waals surface area contributed by atoms with Gasteiger partial charge in [-0.3, -0.25) is 4.79 Å². The van der Waals surface area contributed by atoms with Gasteiger partial charge < -0.3 is 10.0 Å². The van der Waals surface area contributed by atoms with Crippen molar-refractivity contribution in [3.05, 3.63) is 69.2 Å². The second-order valence-electron chi connectivity index (χ2n) is 5.27. The van der Waals surface area contributed by atoms with Gasteiger partial charge in [-0.15, -0.1) is 0 Å². The summed E-state index contributed by atoms with van der Waals surface area (Å²) in [6.07, 6.45) is 0.679. The zero-order valence-electron chi connectivity index (χ0n) is 11.8. The molecule has 0 atom stereocenters. The molecule has 22 heavy (non-hydrogen) atoms. The molecule has 1 aliphatic rings. The number of carbonyl (C=O) groups is 2. The molecule has 0 bridgehead atoms. The molecule has 2 aromatic carbocycles. The molecule has 0 aromatic heterocycles. The molecule has 3 rings (SSSR count). The van der Waals surface area contributed by atoms with Crippen LogP contribution in [0.15, 0.2) is 46.9 Å². The lowest BCUT2D eigenvalue weighted by molar-refractivity contribution is 0.0692. The van der Waals surface area contributed by atoms with Gasteiger partial charge in [-0.2, -0.15) is 0 Å². The van der Waals surface area contributed by atoms with E-state index in [1.807, 2.05) is 12.1 Å². The Balaban J connectivity index is 1.80. The largest absolute Gasteiger partial charge is 0.478 e. The van der Waals surface area contributed by atoms with Gasteiger partial charge in [-0.05, 0) is 53.9 Å². The zero-order valence-corrected chi connectivity index (χ0v) is 13.3. The van der Waals surface area contributed by atoms with Crippen LogP contribution < -0.4 is 0 Å². The van der Waals surface area contributed by atoms with Crippen molar-refractivity contribution >= 4 is 27.8 Å². The lowest BCUT2D eigenvalue weighted by Crippen LogP contribution is -2.36. The fraction of sp³-hybridized carbons (Fsp3) is 0.176. The number of carbonyl (C=O) groups excluding carboxylic acids is 1. The van der Waals surface area contributed by atoms with Gasteiger partial charge in [-0.25, -0.2) is 4.79 Å². The summed E-state index contributed by atoms with van der Waals surface area (Å²) in [4.78, 5) is 25.3. The van der Waals surface area contributed by atoms with Gasteiger partial charge in [0.15, 0.2) is 0 Å². The maximum atomic E-state index is 12.5. The van der Waals surface area contributed by atoms with E-state index in [4.69, 9.17) is 5.11 Å². The molecule has 0 unspecified atom stereocenters. The Morgan fingerprint density at radius 2 is 1.68 bits per heavy atom. The molecule has 0 spiro atoms. The van der Waals surface area contributed by atoms with Crippen molar-refractivity contribution in [3.63, 3.8) is 0 Å². The third-order valence-electron chi connectivity index (χ3n) is 3.84. The highest BCUT2D eigenvalue weighted by Gasteiger charge is 2.22. The second kappa shape index (κ2) is 5.93. The summed E-state index contributed by atoms with van der Waals surface area (Å²) in [6.45, 7) is 1.12. The van der Waals surface area contributed by atoms with Crippen LogP contribution in [0.2, 0.25) is 0 Å². The standard InChI is InChI=1S/C17H14BrNO3/c18-15-5-3-11(4-6-15)16(20)19-8-7-12-9-13(17(21)22)1-2-14(12)10-19/h1-6,9H,7-8,10H2,(H,21,22). The average molecular weight is 360 g/mol. The van der Waals surface area contributed by atoms with Crippen LogP contribution in [0.25, 0.3) is 0 Å². The zero-order chi connectivity index (χ0) is 15.7. The van der Waals surface area contributed by atoms with Crippen molar-refractivity contribution in [3.8, 4) is 0 Å². The van der Waals surface area contributed by atoms with Gasteiger partial charge in [0.1, 0.15) is 0 Å². The van der Waals surface area contributed by atoms with E-state index in [1.54, 1.807) is 35.2 Å². The molecule has 0 radical (unpaired) electrons. The fourth-order valence-corrected chi connectivity index (χ4v) is 2.90. The SMILES string of the molecule is O=C(O)c1ccc2c(c1)CCN(C(=O)c1ccc(Br)cc1)C2. The maximum Gasteiger partial charge on any atom is 0.335 e. The summed E-state index contributed by atoms with van der Waals surface area (Å²) in [5, 5.41) is 9.03. The number of hydrogen-bond acceptors (Lipinski definition) is 2. The predicted molar refractivity (Wildman–Crippen MR) is 86.0 cm³/mol. The molecule has 0 fully saturated rings. The van der Waals surface area contributed by atoms with Crippen LogP contribution >= 0.6 is 15.9 Å². The number of carboxylic acids is 1. The molecule has 1 N–H and O–H groups in total. The van der Waals surface area contributed by atoms with E-state index in [-0.39, 0.29) is 5.91 Å². The van der Waals surface area contributed by atoms with E-state index in [1.165, 1.54) is 0 Å². The first-order chi connectivity index (χ1) is 10.5. The highest BCUT2D eigenvalue weighted by Crippen LogP contribution is 2.22. The highest BCUT2D eigenvalue weighted by atomic mass is 79.9. The van der Waals surface area contributed by atoms with Crippen LogP contribution in [0.5, 0.6) is 0 Å². The first-order valence-corrected chi connectivity index (χ1v) is 7.74. The number of aromatic carboxylic acids is 1. The van der Waals surface area contributed by atoms with Gasteiger partial charge >= 0.3 is 5.97 Å². The van der Waals surface area contributed by atoms with Gasteiger partial charge in [0.2, 0.25) is 0 Å². The van der Waals surface area contributed by atoms with Gasteiger partial charge in [0, 0.05) is 23.1 Å². The summed E-state index contributed by atoms with van der Waals surface area (Å²) >= 11 is 3.36. The molecule has 1 aliphatic heterocycles. The molecule has 1 heterocycles. The molecule has 5 heteroatoms. The Bertz CT molecular complexity index is 740. The number of amides is 1. The summed E-state index contributed by atoms with van der Waals surface area (Å²) in [5.41, 5.74) is 2.99. The minimum atomic E-state index is -0.920. The van der Waals surface area contributed by atoms with E-state index in [0.29, 0.717) is 30.6 Å². The first kappa shape index (κ1) is 14.8. The summed E-state index contributed by atoms with van der Waals surface area (Å²) in [6, 6.07) is 12.4. The van der Waals surface area contributed by atoms with E-state index in [0.717, 1.165) is 15.6 Å². The summed E-state index contributed by atoms with van der Waals surface area (Å²) in [5.74, 6) is -0.920. The lowest BCUT2D eigenvalue weighted by Gasteiger charge is -2.29. The van der Waals surface area contributed by atoms with E-state index in [2.05, 4.69) is 15.9 Å². The molecule has 1 amide bonds. The Morgan fingerprint density at radius 1 is 1.00 bits per heavy atom. The Hall–Kier alpha value is -2.14. The van der Waals surface area contributed by atoms with Gasteiger partial charge in [0.25, 0.3) is 5.91 Å². The normalized spacial score (nSPS) is 13.6. The lowest BCUT2D eigenvalue weighted by atomic mass is 9.97. The number of hydrogen-bond donors (Lipinski definition) is 1. The van der Waals surface area contributed by atoms with Crippen molar-refractivity contribution in [1.29, 1.82) is 0 Å². The minimum Gasteiger partial charge on any atom is -0.478 e. The van der Waals surface area contributed by atoms with E-state index in [9.17, 15) is 9.59 Å². The third kappa shape index (κ3) is 2.90. The predicted octanol–water partition coefficient (Wildman–Crippen LogP) is 3.35. The Labute approximate surface area is 136 Å². The maximum absolute atomic E-state index is 12.5. The first-order valence-electron chi connectivity index (χ1n) is 6.94. The molecule has 0 saturated carbocycles. The molecular weight excluding hydrogens is 346 g/mol. The Morgan fingerprint density at radius 3 is 2.36 bits per heavy atom. The fourth-order valence-electron chi connectivity index (χ4n) is 2.63. The minimum absolute atomic E-state index is 0.000427. The van der Waals surface area contributed by atoms with Gasteiger partial charge in [0.05, 0.1) is 5.56 Å². The van der Waals surface area contributed by atoms with Crippen LogP contribution in [0.3, 0.4) is 0 Å². The highest BCUT2D eigenvalue weighted by molar-refractivity contribution is 9.10. The molecular formula is C17H14BrNO3. The molecule has 2 aromatic rings. The second-order valence-corrected chi connectivity index (χ2v) is 6.19. The molecule has 4 nitrogen and oxygen atoms in total. The summed E-state index contributed by atoms with van der Waals surface area (Å²) < 4.78 is 0.939. The monoisotopic (exact) mass is 359 g/mol. The van der Waals surface area contributed by atoms with Crippen molar-refractivity contribution in [2.45, 2.75) is 13.0 Å². The smallest absolute Gasteiger partial charge is 0.335 e. The van der Waals surface area contributed by atoms with E-state index < -0.39 is 5.97 Å². The summed E-state index contributed by atoms with van der Waals surface area (Å²) in [7, 11) is 0. The number of benzene rings is 2. The Kier molecular flexibility index (Phi) is 3.98. The van der Waals surface area contributed by atoms with Crippen LogP contribution in [0, 0.1) is 0 Å². The van der Waals surface area contributed by atoms with Crippen molar-refractivity contribution in [2.75, 3.05) is 6.54 Å². The average Bonchev–Trinajstić information content (AvgIpc) is 2.54. The molecule has 0 saturated heterocycles. The van der Waals surface area contributed by atoms with E-state index >= 15 is 0 Å².